The van der Waals surface area contributed by atoms with Crippen molar-refractivity contribution in [3.63, 3.8) is 0 Å². The monoisotopic (exact) mass is 217 g/mol. The third-order valence-corrected chi connectivity index (χ3v) is 1.44. The van der Waals surface area contributed by atoms with Crippen LogP contribution in [0.5, 0.6) is 5.75 Å². The van der Waals surface area contributed by atoms with Crippen LogP contribution in [0.4, 0.5) is 14.5 Å². The van der Waals surface area contributed by atoms with E-state index in [0.717, 1.165) is 6.92 Å². The van der Waals surface area contributed by atoms with Gasteiger partial charge in [0.15, 0.2) is 11.6 Å². The molecule has 0 aliphatic carbocycles. The molecule has 0 N–H and O–H groups in total. The number of hydrogen-bond donors (Lipinski definition) is 0. The predicted octanol–water partition coefficient (Wildman–Crippen LogP) is 1.80. The van der Waals surface area contributed by atoms with Crippen LogP contribution in [0.2, 0.25) is 0 Å². The molecule has 0 amide bonds. The van der Waals surface area contributed by atoms with Gasteiger partial charge in [-0.3, -0.25) is 14.9 Å². The molecule has 0 aromatic heterocycles. The maximum atomic E-state index is 13.0. The highest BCUT2D eigenvalue weighted by molar-refractivity contribution is 5.69. The Labute approximate surface area is 82.4 Å². The van der Waals surface area contributed by atoms with Gasteiger partial charge >= 0.3 is 5.97 Å². The third-order valence-electron chi connectivity index (χ3n) is 1.44. The second kappa shape index (κ2) is 3.99. The van der Waals surface area contributed by atoms with Crippen molar-refractivity contribution in [1.82, 2.24) is 0 Å². The SMILES string of the molecule is CC(=O)Oc1c(F)cc([N+](=O)[O-])cc1F. The Hall–Kier alpha value is -2.05. The minimum Gasteiger partial charge on any atom is -0.420 e. The Morgan fingerprint density at radius 3 is 2.20 bits per heavy atom. The number of non-ortho nitro benzene ring substituents is 1. The highest BCUT2D eigenvalue weighted by Crippen LogP contribution is 2.26. The van der Waals surface area contributed by atoms with Gasteiger partial charge in [-0.25, -0.2) is 8.78 Å². The molecule has 0 unspecified atom stereocenters. The minimum atomic E-state index is -1.29. The zero-order chi connectivity index (χ0) is 11.6. The molecule has 0 saturated heterocycles. The Morgan fingerprint density at radius 1 is 1.40 bits per heavy atom. The van der Waals surface area contributed by atoms with Gasteiger partial charge < -0.3 is 4.74 Å². The molecule has 0 fully saturated rings. The van der Waals surface area contributed by atoms with E-state index < -0.39 is 34.0 Å². The smallest absolute Gasteiger partial charge is 0.308 e. The van der Waals surface area contributed by atoms with Crippen LogP contribution in [0.1, 0.15) is 6.92 Å². The number of nitrogens with zero attached hydrogens (tertiary/aromatic N) is 1. The fourth-order valence-corrected chi connectivity index (χ4v) is 0.893. The zero-order valence-corrected chi connectivity index (χ0v) is 7.49. The van der Waals surface area contributed by atoms with Gasteiger partial charge in [0.25, 0.3) is 5.69 Å². The van der Waals surface area contributed by atoms with Crippen LogP contribution in [0.3, 0.4) is 0 Å². The molecule has 7 heteroatoms. The molecule has 0 aliphatic rings. The maximum absolute atomic E-state index is 13.0. The highest BCUT2D eigenvalue weighted by Gasteiger charge is 2.19. The van der Waals surface area contributed by atoms with Crippen molar-refractivity contribution in [2.45, 2.75) is 6.92 Å². The summed E-state index contributed by atoms with van der Waals surface area (Å²) in [6, 6.07) is 0.947. The van der Waals surface area contributed by atoms with Crippen LogP contribution >= 0.6 is 0 Å². The number of carbonyl (C=O) groups is 1. The van der Waals surface area contributed by atoms with E-state index in [0.29, 0.717) is 12.1 Å². The molecule has 15 heavy (non-hydrogen) atoms. The minimum absolute atomic E-state index is 0.474. The lowest BCUT2D eigenvalue weighted by Crippen LogP contribution is -2.05. The molecule has 0 saturated carbocycles. The lowest BCUT2D eigenvalue weighted by molar-refractivity contribution is -0.385. The second-order valence-electron chi connectivity index (χ2n) is 2.59. The number of esters is 1. The summed E-state index contributed by atoms with van der Waals surface area (Å²) in [5, 5.41) is 10.2. The normalized spacial score (nSPS) is 9.80. The van der Waals surface area contributed by atoms with Gasteiger partial charge in [0.05, 0.1) is 17.1 Å². The van der Waals surface area contributed by atoms with Gasteiger partial charge in [0.1, 0.15) is 0 Å². The molecule has 0 radical (unpaired) electrons. The first-order valence-corrected chi connectivity index (χ1v) is 3.73. The first-order chi connectivity index (χ1) is 6.91. The largest absolute Gasteiger partial charge is 0.420 e. The molecule has 0 bridgehead atoms. The number of benzene rings is 1. The summed E-state index contributed by atoms with van der Waals surface area (Å²) in [5.74, 6) is -4.44. The number of ether oxygens (including phenoxy) is 1. The molecule has 0 spiro atoms. The lowest BCUT2D eigenvalue weighted by Gasteiger charge is -2.03. The third kappa shape index (κ3) is 2.46. The van der Waals surface area contributed by atoms with Crippen LogP contribution in [0.15, 0.2) is 12.1 Å². The van der Waals surface area contributed by atoms with Crippen molar-refractivity contribution in [2.75, 3.05) is 0 Å². The summed E-state index contributed by atoms with van der Waals surface area (Å²) in [5.41, 5.74) is -0.749. The fraction of sp³-hybridized carbons (Fsp3) is 0.125. The van der Waals surface area contributed by atoms with Gasteiger partial charge in [-0.05, 0) is 0 Å². The van der Waals surface area contributed by atoms with E-state index in [9.17, 15) is 23.7 Å². The first-order valence-electron chi connectivity index (χ1n) is 3.73. The summed E-state index contributed by atoms with van der Waals surface area (Å²) in [4.78, 5) is 19.7. The summed E-state index contributed by atoms with van der Waals surface area (Å²) >= 11 is 0. The second-order valence-corrected chi connectivity index (χ2v) is 2.59. The molecule has 1 aromatic rings. The summed E-state index contributed by atoms with van der Waals surface area (Å²) < 4.78 is 30.2. The average molecular weight is 217 g/mol. The molecule has 0 atom stereocenters. The molecule has 1 rings (SSSR count). The van der Waals surface area contributed by atoms with E-state index in [-0.39, 0.29) is 0 Å². The number of halogens is 2. The Kier molecular flexibility index (Phi) is 2.93. The molecular formula is C8H5F2NO4. The van der Waals surface area contributed by atoms with Gasteiger partial charge in [-0.2, -0.15) is 0 Å². The number of nitro groups is 1. The Morgan fingerprint density at radius 2 is 1.87 bits per heavy atom. The van der Waals surface area contributed by atoms with Gasteiger partial charge in [-0.15, -0.1) is 0 Å². The Balaban J connectivity index is 3.21. The van der Waals surface area contributed by atoms with Gasteiger partial charge in [0, 0.05) is 6.92 Å². The van der Waals surface area contributed by atoms with E-state index in [1.165, 1.54) is 0 Å². The lowest BCUT2D eigenvalue weighted by atomic mass is 10.3. The van der Waals surface area contributed by atoms with E-state index in [2.05, 4.69) is 4.74 Å². The molecule has 1 aromatic carbocycles. The van der Waals surface area contributed by atoms with E-state index in [1.807, 2.05) is 0 Å². The molecule has 0 heterocycles. The molecule has 0 aliphatic heterocycles. The number of nitro benzene ring substituents is 1. The van der Waals surface area contributed by atoms with Crippen LogP contribution in [-0.4, -0.2) is 10.9 Å². The van der Waals surface area contributed by atoms with Crippen LogP contribution in [0.25, 0.3) is 0 Å². The maximum Gasteiger partial charge on any atom is 0.308 e. The standard InChI is InChI=1S/C8H5F2NO4/c1-4(12)15-8-6(9)2-5(11(13)14)3-7(8)10/h2-3H,1H3. The van der Waals surface area contributed by atoms with Crippen LogP contribution in [0, 0.1) is 21.7 Å². The van der Waals surface area contributed by atoms with Crippen LogP contribution < -0.4 is 4.74 Å². The fourth-order valence-electron chi connectivity index (χ4n) is 0.893. The predicted molar refractivity (Wildman–Crippen MR) is 44.3 cm³/mol. The number of rotatable bonds is 2. The average Bonchev–Trinajstić information content (AvgIpc) is 2.10. The van der Waals surface area contributed by atoms with Crippen molar-refractivity contribution in [2.24, 2.45) is 0 Å². The van der Waals surface area contributed by atoms with Crippen LogP contribution in [-0.2, 0) is 4.79 Å². The highest BCUT2D eigenvalue weighted by atomic mass is 19.1. The topological polar surface area (TPSA) is 69.4 Å². The summed E-state index contributed by atoms with van der Waals surface area (Å²) in [6.07, 6.45) is 0. The van der Waals surface area contributed by atoms with E-state index >= 15 is 0 Å². The van der Waals surface area contributed by atoms with Crippen molar-refractivity contribution in [1.29, 1.82) is 0 Å². The quantitative estimate of drug-likeness (QED) is 0.328. The molecule has 80 valence electrons. The van der Waals surface area contributed by atoms with E-state index in [4.69, 9.17) is 0 Å². The molecular weight excluding hydrogens is 212 g/mol. The first kappa shape index (κ1) is 11.0. The van der Waals surface area contributed by atoms with Crippen molar-refractivity contribution < 1.29 is 23.2 Å². The summed E-state index contributed by atoms with van der Waals surface area (Å²) in [7, 11) is 0. The van der Waals surface area contributed by atoms with Crippen molar-refractivity contribution in [3.8, 4) is 5.75 Å². The van der Waals surface area contributed by atoms with Gasteiger partial charge in [0.2, 0.25) is 5.75 Å². The zero-order valence-electron chi connectivity index (χ0n) is 7.49. The molecule has 5 nitrogen and oxygen atoms in total. The van der Waals surface area contributed by atoms with Crippen molar-refractivity contribution >= 4 is 11.7 Å². The van der Waals surface area contributed by atoms with Gasteiger partial charge in [-0.1, -0.05) is 0 Å². The Bertz CT molecular complexity index is 410. The van der Waals surface area contributed by atoms with E-state index in [1.54, 1.807) is 0 Å². The number of hydrogen-bond acceptors (Lipinski definition) is 4. The van der Waals surface area contributed by atoms with Crippen molar-refractivity contribution in [3.05, 3.63) is 33.9 Å². The summed E-state index contributed by atoms with van der Waals surface area (Å²) in [6.45, 7) is 0.959. The number of carbonyl (C=O) groups excluding carboxylic acids is 1.